The minimum Gasteiger partial charge on any atom is -0.207 e. The molecule has 0 unspecified atom stereocenters. The smallest absolute Gasteiger partial charge is 0.207 e. The Labute approximate surface area is 138 Å². The van der Waals surface area contributed by atoms with E-state index in [0.717, 1.165) is 28.2 Å². The molecule has 2 heterocycles. The molecule has 0 radical (unpaired) electrons. The number of sulfonamides is 1. The Hall–Kier alpha value is -0.400. The zero-order valence-electron chi connectivity index (χ0n) is 11.6. The fraction of sp³-hybridized carbons (Fsp3) is 0.429. The molecule has 0 aliphatic heterocycles. The van der Waals surface area contributed by atoms with Crippen LogP contribution in [-0.4, -0.2) is 18.8 Å². The molecular weight excluding hydrogens is 346 g/mol. The van der Waals surface area contributed by atoms with Crippen LogP contribution >= 0.6 is 34.3 Å². The van der Waals surface area contributed by atoms with Gasteiger partial charge in [0.15, 0.2) is 0 Å². The summed E-state index contributed by atoms with van der Waals surface area (Å²) in [6.45, 7) is 2.30. The summed E-state index contributed by atoms with van der Waals surface area (Å²) >= 11 is 8.94. The molecule has 0 spiro atoms. The van der Waals surface area contributed by atoms with E-state index in [9.17, 15) is 8.42 Å². The van der Waals surface area contributed by atoms with Crippen molar-refractivity contribution < 1.29 is 8.42 Å². The lowest BCUT2D eigenvalue weighted by molar-refractivity contribution is 0.401. The van der Waals surface area contributed by atoms with E-state index in [1.54, 1.807) is 15.6 Å². The normalized spacial score (nSPS) is 15.8. The molecule has 1 aliphatic rings. The molecule has 7 heteroatoms. The van der Waals surface area contributed by atoms with Gasteiger partial charge in [0.05, 0.1) is 5.88 Å². The first-order valence-electron chi connectivity index (χ1n) is 6.71. The van der Waals surface area contributed by atoms with Crippen LogP contribution in [0.5, 0.6) is 0 Å². The largest absolute Gasteiger partial charge is 0.245 e. The average Bonchev–Trinajstić information content (AvgIpc) is 3.00. The number of aryl methyl sites for hydroxylation is 1. The van der Waals surface area contributed by atoms with Crippen LogP contribution in [0.4, 0.5) is 0 Å². The van der Waals surface area contributed by atoms with Gasteiger partial charge in [-0.1, -0.05) is 6.07 Å². The van der Waals surface area contributed by atoms with Crippen LogP contribution in [0.3, 0.4) is 0 Å². The lowest BCUT2D eigenvalue weighted by Crippen LogP contribution is -2.33. The minimum atomic E-state index is -3.48. The van der Waals surface area contributed by atoms with E-state index in [2.05, 4.69) is 0 Å². The molecule has 3 rings (SSSR count). The monoisotopic (exact) mass is 361 g/mol. The van der Waals surface area contributed by atoms with Gasteiger partial charge in [0.2, 0.25) is 10.0 Å². The van der Waals surface area contributed by atoms with Crippen LogP contribution in [0.1, 0.15) is 28.2 Å². The Bertz CT molecular complexity index is 717. The van der Waals surface area contributed by atoms with Crippen molar-refractivity contribution in [2.45, 2.75) is 43.1 Å². The second kappa shape index (κ2) is 6.01. The maximum atomic E-state index is 13.1. The second-order valence-electron chi connectivity index (χ2n) is 5.17. The summed E-state index contributed by atoms with van der Waals surface area (Å²) in [5.41, 5.74) is 0.799. The molecule has 0 N–H and O–H groups in total. The second-order valence-corrected chi connectivity index (χ2v) is 9.26. The van der Waals surface area contributed by atoms with Crippen molar-refractivity contribution in [3.05, 3.63) is 38.2 Å². The Morgan fingerprint density at radius 1 is 1.38 bits per heavy atom. The van der Waals surface area contributed by atoms with Gasteiger partial charge in [-0.05, 0) is 42.2 Å². The van der Waals surface area contributed by atoms with Gasteiger partial charge in [0, 0.05) is 22.3 Å². The van der Waals surface area contributed by atoms with Gasteiger partial charge < -0.3 is 0 Å². The quantitative estimate of drug-likeness (QED) is 0.723. The predicted molar refractivity (Wildman–Crippen MR) is 88.7 cm³/mol. The number of nitrogens with zero attached hydrogens (tertiary/aromatic N) is 1. The standard InChI is InChI=1S/C14H16ClNO2S3/c1-10-9-20-13(7-15)14(10)21(17,18)16(11-4-5-11)8-12-3-2-6-19-12/h2-3,6,9,11H,4-5,7-8H2,1H3. The first-order chi connectivity index (χ1) is 10.0. The highest BCUT2D eigenvalue weighted by Gasteiger charge is 2.40. The van der Waals surface area contributed by atoms with Gasteiger partial charge in [0.25, 0.3) is 0 Å². The van der Waals surface area contributed by atoms with Crippen molar-refractivity contribution in [3.8, 4) is 0 Å². The SMILES string of the molecule is Cc1csc(CCl)c1S(=O)(=O)N(Cc1cccs1)C1CC1. The van der Waals surface area contributed by atoms with Crippen LogP contribution in [0.15, 0.2) is 27.8 Å². The number of hydrogen-bond donors (Lipinski definition) is 0. The van der Waals surface area contributed by atoms with Crippen LogP contribution in [0.25, 0.3) is 0 Å². The van der Waals surface area contributed by atoms with E-state index in [4.69, 9.17) is 11.6 Å². The summed E-state index contributed by atoms with van der Waals surface area (Å²) in [7, 11) is -3.48. The van der Waals surface area contributed by atoms with Crippen LogP contribution in [0, 0.1) is 6.92 Å². The molecule has 0 amide bonds. The summed E-state index contributed by atoms with van der Waals surface area (Å²) in [5, 5.41) is 3.86. The lowest BCUT2D eigenvalue weighted by atomic mass is 10.3. The third-order valence-corrected chi connectivity index (χ3v) is 8.17. The van der Waals surface area contributed by atoms with Crippen LogP contribution in [-0.2, 0) is 22.4 Å². The number of thiophene rings is 2. The van der Waals surface area contributed by atoms with Crippen molar-refractivity contribution in [3.63, 3.8) is 0 Å². The molecule has 2 aromatic rings. The predicted octanol–water partition coefficient (Wildman–Crippen LogP) is 4.21. The first kappa shape index (κ1) is 15.5. The molecule has 0 saturated heterocycles. The van der Waals surface area contributed by atoms with Crippen molar-refractivity contribution in [1.29, 1.82) is 0 Å². The maximum Gasteiger partial charge on any atom is 0.245 e. The van der Waals surface area contributed by atoms with E-state index in [0.29, 0.717) is 11.4 Å². The zero-order chi connectivity index (χ0) is 15.0. The fourth-order valence-corrected chi connectivity index (χ4v) is 6.83. The lowest BCUT2D eigenvalue weighted by Gasteiger charge is -2.22. The molecule has 0 atom stereocenters. The Morgan fingerprint density at radius 2 is 2.14 bits per heavy atom. The Balaban J connectivity index is 1.99. The number of hydrogen-bond acceptors (Lipinski definition) is 4. The van der Waals surface area contributed by atoms with E-state index >= 15 is 0 Å². The zero-order valence-corrected chi connectivity index (χ0v) is 14.8. The van der Waals surface area contributed by atoms with Crippen LogP contribution < -0.4 is 0 Å². The number of rotatable bonds is 6. The van der Waals surface area contributed by atoms with Crippen molar-refractivity contribution >= 4 is 44.3 Å². The van der Waals surface area contributed by atoms with Crippen molar-refractivity contribution in [2.24, 2.45) is 0 Å². The van der Waals surface area contributed by atoms with Crippen LogP contribution in [0.2, 0.25) is 0 Å². The third-order valence-electron chi connectivity index (χ3n) is 3.52. The van der Waals surface area contributed by atoms with Crippen molar-refractivity contribution in [2.75, 3.05) is 0 Å². The molecule has 1 fully saturated rings. The number of halogens is 1. The van der Waals surface area contributed by atoms with E-state index in [-0.39, 0.29) is 11.9 Å². The summed E-state index contributed by atoms with van der Waals surface area (Å²) in [4.78, 5) is 2.24. The topological polar surface area (TPSA) is 37.4 Å². The van der Waals surface area contributed by atoms with Gasteiger partial charge in [-0.2, -0.15) is 4.31 Å². The minimum absolute atomic E-state index is 0.138. The Kier molecular flexibility index (Phi) is 4.43. The highest BCUT2D eigenvalue weighted by molar-refractivity contribution is 7.89. The maximum absolute atomic E-state index is 13.1. The van der Waals surface area contributed by atoms with E-state index < -0.39 is 10.0 Å². The number of alkyl halides is 1. The molecule has 114 valence electrons. The van der Waals surface area contributed by atoms with Gasteiger partial charge in [0.1, 0.15) is 4.90 Å². The average molecular weight is 362 g/mol. The summed E-state index contributed by atoms with van der Waals surface area (Å²) < 4.78 is 27.8. The summed E-state index contributed by atoms with van der Waals surface area (Å²) in [6.07, 6.45) is 1.90. The fourth-order valence-electron chi connectivity index (χ4n) is 2.37. The highest BCUT2D eigenvalue weighted by Crippen LogP contribution is 2.38. The molecule has 3 nitrogen and oxygen atoms in total. The summed E-state index contributed by atoms with van der Waals surface area (Å²) in [6, 6.07) is 4.08. The molecule has 0 bridgehead atoms. The van der Waals surface area contributed by atoms with Gasteiger partial charge in [-0.3, -0.25) is 0 Å². The van der Waals surface area contributed by atoms with Crippen molar-refractivity contribution in [1.82, 2.24) is 4.31 Å². The van der Waals surface area contributed by atoms with E-state index in [1.807, 2.05) is 29.8 Å². The Morgan fingerprint density at radius 3 is 2.71 bits per heavy atom. The first-order valence-corrected chi connectivity index (χ1v) is 10.4. The van der Waals surface area contributed by atoms with Gasteiger partial charge >= 0.3 is 0 Å². The molecule has 2 aromatic heterocycles. The molecule has 1 saturated carbocycles. The molecule has 1 aliphatic carbocycles. The van der Waals surface area contributed by atoms with Gasteiger partial charge in [-0.25, -0.2) is 8.42 Å². The molecular formula is C14H16ClNO2S3. The molecule has 0 aromatic carbocycles. The molecule has 21 heavy (non-hydrogen) atoms. The summed E-state index contributed by atoms with van der Waals surface area (Å²) in [5.74, 6) is 0.241. The third kappa shape index (κ3) is 3.05. The highest BCUT2D eigenvalue weighted by atomic mass is 35.5. The van der Waals surface area contributed by atoms with Gasteiger partial charge in [-0.15, -0.1) is 34.3 Å². The van der Waals surface area contributed by atoms with E-state index in [1.165, 1.54) is 11.3 Å².